The topological polar surface area (TPSA) is 74.7 Å². The van der Waals surface area contributed by atoms with Crippen LogP contribution >= 0.6 is 0 Å². The molecule has 2 aromatic heterocycles. The van der Waals surface area contributed by atoms with Gasteiger partial charge in [0.25, 0.3) is 0 Å². The van der Waals surface area contributed by atoms with E-state index in [0.29, 0.717) is 18.1 Å². The summed E-state index contributed by atoms with van der Waals surface area (Å²) < 4.78 is 13.1. The molecule has 0 aliphatic carbocycles. The van der Waals surface area contributed by atoms with E-state index in [1.165, 1.54) is 0 Å². The van der Waals surface area contributed by atoms with E-state index in [0.717, 1.165) is 39.3 Å². The first-order valence-electron chi connectivity index (χ1n) is 10.3. The maximum atomic E-state index is 6.52. The average molecular weight is 422 g/mol. The number of hydrogen-bond acceptors (Lipinski definition) is 5. The summed E-state index contributed by atoms with van der Waals surface area (Å²) in [6.45, 7) is 0.498. The van der Waals surface area contributed by atoms with Crippen molar-refractivity contribution in [2.45, 2.75) is 6.61 Å². The fourth-order valence-corrected chi connectivity index (χ4v) is 3.72. The highest BCUT2D eigenvalue weighted by Crippen LogP contribution is 2.35. The van der Waals surface area contributed by atoms with E-state index >= 15 is 0 Å². The fourth-order valence-electron chi connectivity index (χ4n) is 3.72. The van der Waals surface area contributed by atoms with Crippen LogP contribution in [0.2, 0.25) is 0 Å². The quantitative estimate of drug-likeness (QED) is 0.405. The molecule has 0 radical (unpaired) electrons. The Morgan fingerprint density at radius 3 is 2.50 bits per heavy atom. The summed E-state index contributed by atoms with van der Waals surface area (Å²) >= 11 is 0. The molecule has 0 bridgehead atoms. The molecule has 0 fully saturated rings. The lowest BCUT2D eigenvalue weighted by Gasteiger charge is -2.11. The second-order valence-corrected chi connectivity index (χ2v) is 7.35. The van der Waals surface area contributed by atoms with Crippen LogP contribution in [0.5, 0.6) is 11.5 Å². The van der Waals surface area contributed by atoms with Crippen molar-refractivity contribution in [3.8, 4) is 33.8 Å². The Kier molecular flexibility index (Phi) is 5.17. The average Bonchev–Trinajstić information content (AvgIpc) is 3.29. The molecule has 0 spiro atoms. The maximum absolute atomic E-state index is 6.52. The minimum absolute atomic E-state index is 0.498. The van der Waals surface area contributed by atoms with Crippen LogP contribution in [-0.2, 0) is 6.61 Å². The highest BCUT2D eigenvalue weighted by Gasteiger charge is 2.16. The number of benzene rings is 3. The standard InChI is InChI=1S/C26H22N4O2/c1-31-24-13-6-5-12-21(24)23-16-29-30-25(27)22(15-28-26(23)30)19-10-7-11-20(14-19)32-17-18-8-3-2-4-9-18/h2-16H,17,27H2,1H3. The van der Waals surface area contributed by atoms with E-state index in [1.807, 2.05) is 78.9 Å². The maximum Gasteiger partial charge on any atom is 0.165 e. The summed E-state index contributed by atoms with van der Waals surface area (Å²) in [4.78, 5) is 4.68. The van der Waals surface area contributed by atoms with Crippen LogP contribution in [0.25, 0.3) is 27.9 Å². The third-order valence-electron chi connectivity index (χ3n) is 5.35. The van der Waals surface area contributed by atoms with Crippen molar-refractivity contribution in [2.75, 3.05) is 12.8 Å². The molecule has 0 amide bonds. The molecule has 0 saturated heterocycles. The molecule has 6 nitrogen and oxygen atoms in total. The molecular formula is C26H22N4O2. The molecule has 2 heterocycles. The van der Waals surface area contributed by atoms with Gasteiger partial charge in [-0.05, 0) is 29.3 Å². The predicted octanol–water partition coefficient (Wildman–Crippen LogP) is 5.23. The van der Waals surface area contributed by atoms with E-state index in [9.17, 15) is 0 Å². The van der Waals surface area contributed by atoms with Crippen LogP contribution in [0.1, 0.15) is 5.56 Å². The first-order valence-corrected chi connectivity index (χ1v) is 10.3. The number of anilines is 1. The van der Waals surface area contributed by atoms with Gasteiger partial charge in [0.2, 0.25) is 0 Å². The van der Waals surface area contributed by atoms with Gasteiger partial charge in [-0.2, -0.15) is 9.61 Å². The number of methoxy groups -OCH3 is 1. The second kappa shape index (κ2) is 8.43. The van der Waals surface area contributed by atoms with E-state index in [-0.39, 0.29) is 0 Å². The fraction of sp³-hybridized carbons (Fsp3) is 0.0769. The minimum Gasteiger partial charge on any atom is -0.496 e. The van der Waals surface area contributed by atoms with Crippen LogP contribution in [0, 0.1) is 0 Å². The lowest BCUT2D eigenvalue weighted by molar-refractivity contribution is 0.306. The number of rotatable bonds is 6. The zero-order valence-corrected chi connectivity index (χ0v) is 17.6. The van der Waals surface area contributed by atoms with Gasteiger partial charge >= 0.3 is 0 Å². The number of nitrogens with zero attached hydrogens (tertiary/aromatic N) is 3. The van der Waals surface area contributed by atoms with Gasteiger partial charge < -0.3 is 15.2 Å². The summed E-state index contributed by atoms with van der Waals surface area (Å²) in [7, 11) is 1.65. The molecular weight excluding hydrogens is 400 g/mol. The molecule has 32 heavy (non-hydrogen) atoms. The van der Waals surface area contributed by atoms with E-state index in [4.69, 9.17) is 15.2 Å². The summed E-state index contributed by atoms with van der Waals surface area (Å²) in [5, 5.41) is 4.50. The van der Waals surface area contributed by atoms with Gasteiger partial charge in [-0.15, -0.1) is 0 Å². The van der Waals surface area contributed by atoms with Crippen LogP contribution in [0.3, 0.4) is 0 Å². The molecule has 5 aromatic rings. The Morgan fingerprint density at radius 1 is 0.844 bits per heavy atom. The Labute approximate surface area is 185 Å². The number of hydrogen-bond donors (Lipinski definition) is 1. The zero-order valence-electron chi connectivity index (χ0n) is 17.6. The first-order chi connectivity index (χ1) is 15.7. The Bertz CT molecular complexity index is 1380. The van der Waals surface area contributed by atoms with Crippen molar-refractivity contribution in [2.24, 2.45) is 0 Å². The third kappa shape index (κ3) is 3.63. The van der Waals surface area contributed by atoms with Gasteiger partial charge in [-0.25, -0.2) is 4.98 Å². The van der Waals surface area contributed by atoms with Crippen molar-refractivity contribution in [1.29, 1.82) is 0 Å². The lowest BCUT2D eigenvalue weighted by Crippen LogP contribution is -2.03. The van der Waals surface area contributed by atoms with E-state index in [1.54, 1.807) is 24.0 Å². The smallest absolute Gasteiger partial charge is 0.165 e. The largest absolute Gasteiger partial charge is 0.496 e. The molecule has 0 aliphatic heterocycles. The summed E-state index contributed by atoms with van der Waals surface area (Å²) in [5.74, 6) is 2.03. The van der Waals surface area contributed by atoms with E-state index < -0.39 is 0 Å². The molecule has 6 heteroatoms. The van der Waals surface area contributed by atoms with Crippen molar-refractivity contribution in [3.05, 3.63) is 96.8 Å². The lowest BCUT2D eigenvalue weighted by atomic mass is 10.1. The normalized spacial score (nSPS) is 10.9. The SMILES string of the molecule is COc1ccccc1-c1cnn2c(N)c(-c3cccc(OCc4ccccc4)c3)cnc12. The highest BCUT2D eigenvalue weighted by atomic mass is 16.5. The van der Waals surface area contributed by atoms with Crippen molar-refractivity contribution in [1.82, 2.24) is 14.6 Å². The van der Waals surface area contributed by atoms with Crippen LogP contribution in [0.15, 0.2) is 91.3 Å². The van der Waals surface area contributed by atoms with Gasteiger partial charge in [0.15, 0.2) is 5.65 Å². The number of fused-ring (bicyclic) bond motifs is 1. The van der Waals surface area contributed by atoms with Crippen LogP contribution in [0.4, 0.5) is 5.82 Å². The Hall–Kier alpha value is -4.32. The molecule has 0 atom stereocenters. The van der Waals surface area contributed by atoms with Crippen molar-refractivity contribution >= 4 is 11.5 Å². The van der Waals surface area contributed by atoms with Gasteiger partial charge in [0.1, 0.15) is 23.9 Å². The highest BCUT2D eigenvalue weighted by molar-refractivity contribution is 5.84. The van der Waals surface area contributed by atoms with Crippen LogP contribution in [-0.4, -0.2) is 21.7 Å². The first kappa shape index (κ1) is 19.6. The number of nitrogens with two attached hydrogens (primary N) is 1. The third-order valence-corrected chi connectivity index (χ3v) is 5.35. The molecule has 3 aromatic carbocycles. The molecule has 0 unspecified atom stereocenters. The summed E-state index contributed by atoms with van der Waals surface area (Å²) in [6, 6.07) is 25.7. The summed E-state index contributed by atoms with van der Waals surface area (Å²) in [5.41, 5.74) is 11.8. The van der Waals surface area contributed by atoms with E-state index in [2.05, 4.69) is 10.1 Å². The minimum atomic E-state index is 0.498. The Morgan fingerprint density at radius 2 is 1.66 bits per heavy atom. The van der Waals surface area contributed by atoms with Gasteiger partial charge in [0.05, 0.1) is 18.9 Å². The second-order valence-electron chi connectivity index (χ2n) is 7.35. The van der Waals surface area contributed by atoms with Crippen LogP contribution < -0.4 is 15.2 Å². The van der Waals surface area contributed by atoms with Gasteiger partial charge in [-0.3, -0.25) is 0 Å². The zero-order chi connectivity index (χ0) is 21.9. The molecule has 5 rings (SSSR count). The molecule has 158 valence electrons. The van der Waals surface area contributed by atoms with Gasteiger partial charge in [0, 0.05) is 17.3 Å². The number of para-hydroxylation sites is 1. The predicted molar refractivity (Wildman–Crippen MR) is 126 cm³/mol. The summed E-state index contributed by atoms with van der Waals surface area (Å²) in [6.07, 6.45) is 3.54. The number of ether oxygens (including phenoxy) is 2. The number of aromatic nitrogens is 3. The molecule has 0 saturated carbocycles. The van der Waals surface area contributed by atoms with Crippen molar-refractivity contribution in [3.63, 3.8) is 0 Å². The molecule has 0 aliphatic rings. The molecule has 2 N–H and O–H groups in total. The number of nitrogen functional groups attached to an aromatic ring is 1. The Balaban J connectivity index is 1.48. The van der Waals surface area contributed by atoms with Crippen molar-refractivity contribution < 1.29 is 9.47 Å². The van der Waals surface area contributed by atoms with Gasteiger partial charge in [-0.1, -0.05) is 60.7 Å². The monoisotopic (exact) mass is 422 g/mol.